The molecule has 20 heavy (non-hydrogen) atoms. The predicted molar refractivity (Wildman–Crippen MR) is 69.7 cm³/mol. The number of rotatable bonds is 4. The molecular formula is C13H15N5O2. The number of aromatic nitrogens is 3. The Morgan fingerprint density at radius 3 is 3.05 bits per heavy atom. The fourth-order valence-corrected chi connectivity index (χ4v) is 2.13. The number of pyridine rings is 1. The summed E-state index contributed by atoms with van der Waals surface area (Å²) in [5.74, 6) is 0.217. The highest BCUT2D eigenvalue weighted by Crippen LogP contribution is 2.20. The fourth-order valence-electron chi connectivity index (χ4n) is 2.13. The third-order valence-electron chi connectivity index (χ3n) is 3.21. The van der Waals surface area contributed by atoms with Gasteiger partial charge in [-0.05, 0) is 37.1 Å². The van der Waals surface area contributed by atoms with Crippen LogP contribution < -0.4 is 10.6 Å². The van der Waals surface area contributed by atoms with E-state index < -0.39 is 0 Å². The quantitative estimate of drug-likeness (QED) is 0.856. The average molecular weight is 273 g/mol. The second-order valence-corrected chi connectivity index (χ2v) is 4.64. The molecule has 0 bridgehead atoms. The van der Waals surface area contributed by atoms with E-state index in [2.05, 4.69) is 25.8 Å². The zero-order valence-electron chi connectivity index (χ0n) is 10.9. The smallest absolute Gasteiger partial charge is 0.292 e. The fraction of sp³-hybridized carbons (Fsp3) is 0.385. The van der Waals surface area contributed by atoms with E-state index in [0.29, 0.717) is 12.4 Å². The van der Waals surface area contributed by atoms with E-state index in [1.165, 1.54) is 0 Å². The van der Waals surface area contributed by atoms with Crippen molar-refractivity contribution in [1.82, 2.24) is 25.8 Å². The maximum Gasteiger partial charge on any atom is 0.292 e. The van der Waals surface area contributed by atoms with Crippen LogP contribution in [0.2, 0.25) is 0 Å². The largest absolute Gasteiger partial charge is 0.345 e. The summed E-state index contributed by atoms with van der Waals surface area (Å²) in [6.45, 7) is 1.35. The first-order valence-corrected chi connectivity index (χ1v) is 6.57. The van der Waals surface area contributed by atoms with E-state index in [-0.39, 0.29) is 17.8 Å². The predicted octanol–water partition coefficient (Wildman–Crippen LogP) is 0.819. The second kappa shape index (κ2) is 5.79. The van der Waals surface area contributed by atoms with Crippen LogP contribution in [0.3, 0.4) is 0 Å². The summed E-state index contributed by atoms with van der Waals surface area (Å²) in [4.78, 5) is 20.0. The Labute approximate surface area is 115 Å². The van der Waals surface area contributed by atoms with Gasteiger partial charge in [0.2, 0.25) is 5.89 Å². The van der Waals surface area contributed by atoms with Gasteiger partial charge in [-0.25, -0.2) is 0 Å². The number of hydrogen-bond acceptors (Lipinski definition) is 6. The summed E-state index contributed by atoms with van der Waals surface area (Å²) in [5.41, 5.74) is 0.967. The monoisotopic (exact) mass is 273 g/mol. The van der Waals surface area contributed by atoms with Gasteiger partial charge in [0.15, 0.2) is 0 Å². The van der Waals surface area contributed by atoms with Crippen LogP contribution in [0.15, 0.2) is 29.0 Å². The molecule has 2 aromatic rings. The highest BCUT2D eigenvalue weighted by Gasteiger charge is 2.24. The maximum atomic E-state index is 11.9. The summed E-state index contributed by atoms with van der Waals surface area (Å²) in [6, 6.07) is 3.75. The molecule has 1 aliphatic heterocycles. The summed E-state index contributed by atoms with van der Waals surface area (Å²) in [7, 11) is 0. The molecule has 3 heterocycles. The molecule has 104 valence electrons. The van der Waals surface area contributed by atoms with Crippen LogP contribution in [0.25, 0.3) is 0 Å². The number of carbonyl (C=O) groups excluding carboxylic acids is 1. The summed E-state index contributed by atoms with van der Waals surface area (Å²) < 4.78 is 5.13. The van der Waals surface area contributed by atoms with Gasteiger partial charge in [-0.1, -0.05) is 5.16 Å². The summed E-state index contributed by atoms with van der Waals surface area (Å²) >= 11 is 0. The SMILES string of the molecule is O=C(NCc1ccncc1)c1noc(C2CCCN2)n1. The molecule has 7 nitrogen and oxygen atoms in total. The minimum atomic E-state index is -0.338. The van der Waals surface area contributed by atoms with E-state index in [1.54, 1.807) is 12.4 Å². The topological polar surface area (TPSA) is 92.9 Å². The van der Waals surface area contributed by atoms with Gasteiger partial charge in [-0.2, -0.15) is 4.98 Å². The van der Waals surface area contributed by atoms with Crippen molar-refractivity contribution in [3.05, 3.63) is 41.8 Å². The number of nitrogens with zero attached hydrogens (tertiary/aromatic N) is 3. The van der Waals surface area contributed by atoms with Crippen LogP contribution in [-0.2, 0) is 6.54 Å². The normalized spacial score (nSPS) is 18.1. The zero-order valence-corrected chi connectivity index (χ0v) is 10.9. The highest BCUT2D eigenvalue weighted by atomic mass is 16.5. The Balaban J connectivity index is 1.59. The van der Waals surface area contributed by atoms with E-state index in [0.717, 1.165) is 24.9 Å². The van der Waals surface area contributed by atoms with Gasteiger partial charge >= 0.3 is 0 Å². The third kappa shape index (κ3) is 2.83. The van der Waals surface area contributed by atoms with Crippen molar-refractivity contribution in [2.75, 3.05) is 6.54 Å². The van der Waals surface area contributed by atoms with Crippen molar-refractivity contribution < 1.29 is 9.32 Å². The average Bonchev–Trinajstić information content (AvgIpc) is 3.16. The Morgan fingerprint density at radius 2 is 2.30 bits per heavy atom. The van der Waals surface area contributed by atoms with Crippen molar-refractivity contribution in [2.24, 2.45) is 0 Å². The zero-order chi connectivity index (χ0) is 13.8. The Hall–Kier alpha value is -2.28. The van der Waals surface area contributed by atoms with E-state index in [1.807, 2.05) is 12.1 Å². The molecule has 7 heteroatoms. The minimum Gasteiger partial charge on any atom is -0.345 e. The lowest BCUT2D eigenvalue weighted by atomic mass is 10.2. The standard InChI is InChI=1S/C13H15N5O2/c19-12(16-8-9-3-6-14-7-4-9)11-17-13(20-18-11)10-2-1-5-15-10/h3-4,6-7,10,15H,1-2,5,8H2,(H,16,19). The number of carbonyl (C=O) groups is 1. The molecule has 3 rings (SSSR count). The van der Waals surface area contributed by atoms with Crippen molar-refractivity contribution in [3.63, 3.8) is 0 Å². The van der Waals surface area contributed by atoms with Crippen molar-refractivity contribution in [3.8, 4) is 0 Å². The Morgan fingerprint density at radius 1 is 1.45 bits per heavy atom. The molecule has 0 aromatic carbocycles. The lowest BCUT2D eigenvalue weighted by Gasteiger charge is -2.02. The van der Waals surface area contributed by atoms with Gasteiger partial charge < -0.3 is 15.2 Å². The van der Waals surface area contributed by atoms with Gasteiger partial charge in [0.25, 0.3) is 11.7 Å². The first kappa shape index (κ1) is 12.7. The van der Waals surface area contributed by atoms with Gasteiger partial charge in [-0.15, -0.1) is 0 Å². The van der Waals surface area contributed by atoms with E-state index in [9.17, 15) is 4.79 Å². The Bertz CT molecular complexity index is 577. The van der Waals surface area contributed by atoms with Crippen LogP contribution >= 0.6 is 0 Å². The van der Waals surface area contributed by atoms with Crippen molar-refractivity contribution >= 4 is 5.91 Å². The molecular weight excluding hydrogens is 258 g/mol. The van der Waals surface area contributed by atoms with Gasteiger partial charge in [0, 0.05) is 18.9 Å². The summed E-state index contributed by atoms with van der Waals surface area (Å²) in [6.07, 6.45) is 5.40. The Kier molecular flexibility index (Phi) is 3.69. The van der Waals surface area contributed by atoms with Gasteiger partial charge in [0.05, 0.1) is 6.04 Å². The molecule has 0 aliphatic carbocycles. The molecule has 1 amide bonds. The van der Waals surface area contributed by atoms with Crippen molar-refractivity contribution in [2.45, 2.75) is 25.4 Å². The van der Waals surface area contributed by atoms with Crippen LogP contribution in [0, 0.1) is 0 Å². The van der Waals surface area contributed by atoms with E-state index >= 15 is 0 Å². The van der Waals surface area contributed by atoms with Crippen LogP contribution in [0.5, 0.6) is 0 Å². The number of nitrogens with one attached hydrogen (secondary N) is 2. The number of amides is 1. The molecule has 1 saturated heterocycles. The molecule has 1 unspecified atom stereocenters. The lowest BCUT2D eigenvalue weighted by Crippen LogP contribution is -2.24. The van der Waals surface area contributed by atoms with Crippen molar-refractivity contribution in [1.29, 1.82) is 0 Å². The first-order valence-electron chi connectivity index (χ1n) is 6.57. The summed E-state index contributed by atoms with van der Waals surface area (Å²) in [5, 5.41) is 9.72. The highest BCUT2D eigenvalue weighted by molar-refractivity contribution is 5.90. The lowest BCUT2D eigenvalue weighted by molar-refractivity contribution is 0.0937. The molecule has 2 aromatic heterocycles. The van der Waals surface area contributed by atoms with Crippen LogP contribution in [0.4, 0.5) is 0 Å². The molecule has 1 atom stereocenters. The van der Waals surface area contributed by atoms with Crippen LogP contribution in [0.1, 0.15) is 41.0 Å². The molecule has 1 fully saturated rings. The first-order chi connectivity index (χ1) is 9.83. The third-order valence-corrected chi connectivity index (χ3v) is 3.21. The second-order valence-electron chi connectivity index (χ2n) is 4.64. The van der Waals surface area contributed by atoms with E-state index in [4.69, 9.17) is 4.52 Å². The molecule has 0 radical (unpaired) electrons. The maximum absolute atomic E-state index is 11.9. The number of hydrogen-bond donors (Lipinski definition) is 2. The molecule has 0 saturated carbocycles. The van der Waals surface area contributed by atoms with Gasteiger partial charge in [-0.3, -0.25) is 9.78 Å². The molecule has 0 spiro atoms. The molecule has 2 N–H and O–H groups in total. The molecule has 1 aliphatic rings. The van der Waals surface area contributed by atoms with Gasteiger partial charge in [0.1, 0.15) is 0 Å². The minimum absolute atomic E-state index is 0.0720. The van der Waals surface area contributed by atoms with Crippen LogP contribution in [-0.4, -0.2) is 27.6 Å².